The van der Waals surface area contributed by atoms with Crippen molar-refractivity contribution in [3.63, 3.8) is 0 Å². The van der Waals surface area contributed by atoms with Crippen LogP contribution in [0.15, 0.2) is 66.7 Å². The Balaban J connectivity index is 1.53. The maximum Gasteiger partial charge on any atom is 0.417 e. The minimum absolute atomic E-state index is 0.0982. The van der Waals surface area contributed by atoms with E-state index in [1.54, 1.807) is 42.5 Å². The standard InChI is InChI=1S/C24H21NO6/c1-28-18-12-21(29-2)23-19(26)14-20(31-22(23)13-18)15-7-6-10-17(11-15)30-24(27)25-16-8-4-3-5-9-16/h3-13,20H,14H2,1-2H3,(H,25,27). The topological polar surface area (TPSA) is 83.1 Å². The molecule has 1 aliphatic heterocycles. The summed E-state index contributed by atoms with van der Waals surface area (Å²) in [6.07, 6.45) is -1.00. The highest BCUT2D eigenvalue weighted by molar-refractivity contribution is 6.03. The minimum Gasteiger partial charge on any atom is -0.496 e. The van der Waals surface area contributed by atoms with Crippen molar-refractivity contribution in [3.8, 4) is 23.0 Å². The molecule has 7 nitrogen and oxygen atoms in total. The number of hydrogen-bond acceptors (Lipinski definition) is 6. The average molecular weight is 419 g/mol. The molecule has 0 saturated heterocycles. The van der Waals surface area contributed by atoms with Crippen LogP contribution in [0, 0.1) is 0 Å². The number of carbonyl (C=O) groups is 2. The number of anilines is 1. The SMILES string of the molecule is COc1cc(OC)c2c(c1)OC(c1cccc(OC(=O)Nc3ccccc3)c1)CC2=O. The van der Waals surface area contributed by atoms with E-state index in [1.807, 2.05) is 24.3 Å². The Labute approximate surface area is 179 Å². The molecule has 0 spiro atoms. The second-order valence-corrected chi connectivity index (χ2v) is 6.89. The smallest absolute Gasteiger partial charge is 0.417 e. The third-order valence-electron chi connectivity index (χ3n) is 4.87. The molecule has 1 aliphatic rings. The van der Waals surface area contributed by atoms with E-state index in [0.717, 1.165) is 0 Å². The number of benzene rings is 3. The highest BCUT2D eigenvalue weighted by atomic mass is 16.6. The summed E-state index contributed by atoms with van der Waals surface area (Å²) in [6, 6.07) is 19.2. The van der Waals surface area contributed by atoms with E-state index < -0.39 is 12.2 Å². The van der Waals surface area contributed by atoms with Gasteiger partial charge in [0.15, 0.2) is 5.78 Å². The van der Waals surface area contributed by atoms with Crippen molar-refractivity contribution >= 4 is 17.6 Å². The zero-order valence-electron chi connectivity index (χ0n) is 17.1. The summed E-state index contributed by atoms with van der Waals surface area (Å²) in [5.41, 5.74) is 1.74. The van der Waals surface area contributed by atoms with E-state index in [1.165, 1.54) is 14.2 Å². The molecule has 0 aliphatic carbocycles. The molecular formula is C24H21NO6. The maximum absolute atomic E-state index is 12.8. The number of ketones is 1. The van der Waals surface area contributed by atoms with Gasteiger partial charge in [-0.1, -0.05) is 30.3 Å². The van der Waals surface area contributed by atoms with Gasteiger partial charge < -0.3 is 18.9 Å². The van der Waals surface area contributed by atoms with Crippen LogP contribution in [0.3, 0.4) is 0 Å². The van der Waals surface area contributed by atoms with Crippen molar-refractivity contribution in [1.82, 2.24) is 0 Å². The van der Waals surface area contributed by atoms with Crippen LogP contribution in [0.1, 0.15) is 28.4 Å². The van der Waals surface area contributed by atoms with Gasteiger partial charge in [0, 0.05) is 17.8 Å². The zero-order valence-corrected chi connectivity index (χ0v) is 17.1. The Hall–Kier alpha value is -4.00. The van der Waals surface area contributed by atoms with Crippen LogP contribution >= 0.6 is 0 Å². The van der Waals surface area contributed by atoms with Gasteiger partial charge in [-0.3, -0.25) is 10.1 Å². The number of para-hydroxylation sites is 1. The molecule has 3 aromatic carbocycles. The number of nitrogens with one attached hydrogen (secondary N) is 1. The van der Waals surface area contributed by atoms with E-state index >= 15 is 0 Å². The maximum atomic E-state index is 12.8. The number of ether oxygens (including phenoxy) is 4. The molecule has 0 saturated carbocycles. The molecule has 4 rings (SSSR count). The van der Waals surface area contributed by atoms with Crippen LogP contribution in [0.25, 0.3) is 0 Å². The molecule has 1 N–H and O–H groups in total. The highest BCUT2D eigenvalue weighted by Crippen LogP contribution is 2.42. The van der Waals surface area contributed by atoms with Crippen LogP contribution < -0.4 is 24.3 Å². The molecule has 1 unspecified atom stereocenters. The normalized spacial score (nSPS) is 14.8. The summed E-state index contributed by atoms with van der Waals surface area (Å²) in [5, 5.41) is 2.66. The predicted molar refractivity (Wildman–Crippen MR) is 114 cm³/mol. The first kappa shape index (κ1) is 20.3. The first-order valence-corrected chi connectivity index (χ1v) is 9.67. The molecule has 158 valence electrons. The Kier molecular flexibility index (Phi) is 5.75. The molecule has 0 fully saturated rings. The number of methoxy groups -OCH3 is 2. The first-order valence-electron chi connectivity index (χ1n) is 9.67. The second kappa shape index (κ2) is 8.79. The zero-order chi connectivity index (χ0) is 21.8. The molecule has 0 radical (unpaired) electrons. The van der Waals surface area contributed by atoms with Gasteiger partial charge in [-0.25, -0.2) is 4.79 Å². The molecule has 1 heterocycles. The fourth-order valence-electron chi connectivity index (χ4n) is 3.41. The van der Waals surface area contributed by atoms with E-state index in [9.17, 15) is 9.59 Å². The molecule has 1 amide bonds. The lowest BCUT2D eigenvalue weighted by Gasteiger charge is -2.27. The van der Waals surface area contributed by atoms with Crippen molar-refractivity contribution in [2.75, 3.05) is 19.5 Å². The summed E-state index contributed by atoms with van der Waals surface area (Å²) in [6.45, 7) is 0. The second-order valence-electron chi connectivity index (χ2n) is 6.89. The molecule has 31 heavy (non-hydrogen) atoms. The quantitative estimate of drug-likeness (QED) is 0.625. The summed E-state index contributed by atoms with van der Waals surface area (Å²) in [4.78, 5) is 25.0. The van der Waals surface area contributed by atoms with Crippen LogP contribution in [0.4, 0.5) is 10.5 Å². The lowest BCUT2D eigenvalue weighted by Crippen LogP contribution is -2.21. The molecule has 3 aromatic rings. The molecule has 0 bridgehead atoms. The van der Waals surface area contributed by atoms with Gasteiger partial charge in [-0.2, -0.15) is 0 Å². The van der Waals surface area contributed by atoms with Crippen LogP contribution in [-0.4, -0.2) is 26.1 Å². The Morgan fingerprint density at radius 3 is 2.52 bits per heavy atom. The third kappa shape index (κ3) is 4.45. The average Bonchev–Trinajstić information content (AvgIpc) is 2.78. The van der Waals surface area contributed by atoms with Gasteiger partial charge in [-0.15, -0.1) is 0 Å². The predicted octanol–water partition coefficient (Wildman–Crippen LogP) is 5.02. The number of fused-ring (bicyclic) bond motifs is 1. The largest absolute Gasteiger partial charge is 0.496 e. The number of Topliss-reactive ketones (excluding diaryl/α,β-unsaturated/α-hetero) is 1. The van der Waals surface area contributed by atoms with E-state index in [-0.39, 0.29) is 12.2 Å². The Morgan fingerprint density at radius 2 is 1.77 bits per heavy atom. The van der Waals surface area contributed by atoms with Crippen molar-refractivity contribution in [2.45, 2.75) is 12.5 Å². The summed E-state index contributed by atoms with van der Waals surface area (Å²) in [7, 11) is 3.03. The molecular weight excluding hydrogens is 398 g/mol. The van der Waals surface area contributed by atoms with E-state index in [2.05, 4.69) is 5.32 Å². The highest BCUT2D eigenvalue weighted by Gasteiger charge is 2.31. The number of rotatable bonds is 5. The first-order chi connectivity index (χ1) is 15.1. The van der Waals surface area contributed by atoms with Crippen molar-refractivity contribution in [3.05, 3.63) is 77.9 Å². The fourth-order valence-corrected chi connectivity index (χ4v) is 3.41. The monoisotopic (exact) mass is 419 g/mol. The summed E-state index contributed by atoms with van der Waals surface area (Å²) >= 11 is 0. The summed E-state index contributed by atoms with van der Waals surface area (Å²) < 4.78 is 22.1. The lowest BCUT2D eigenvalue weighted by atomic mass is 9.95. The van der Waals surface area contributed by atoms with Crippen LogP contribution in [0.2, 0.25) is 0 Å². The number of carbonyl (C=O) groups excluding carboxylic acids is 2. The Bertz CT molecular complexity index is 1110. The number of hydrogen-bond donors (Lipinski definition) is 1. The Morgan fingerprint density at radius 1 is 0.968 bits per heavy atom. The van der Waals surface area contributed by atoms with Gasteiger partial charge in [-0.05, 0) is 29.8 Å². The van der Waals surface area contributed by atoms with Gasteiger partial charge in [0.1, 0.15) is 34.7 Å². The molecule has 1 atom stereocenters. The number of amides is 1. The van der Waals surface area contributed by atoms with Crippen molar-refractivity contribution < 1.29 is 28.5 Å². The third-order valence-corrected chi connectivity index (χ3v) is 4.87. The fraction of sp³-hybridized carbons (Fsp3) is 0.167. The van der Waals surface area contributed by atoms with Crippen LogP contribution in [-0.2, 0) is 0 Å². The van der Waals surface area contributed by atoms with E-state index in [0.29, 0.717) is 39.8 Å². The van der Waals surface area contributed by atoms with Gasteiger partial charge in [0.05, 0.1) is 20.6 Å². The van der Waals surface area contributed by atoms with Gasteiger partial charge in [0.2, 0.25) is 0 Å². The lowest BCUT2D eigenvalue weighted by molar-refractivity contribution is 0.0843. The summed E-state index contributed by atoms with van der Waals surface area (Å²) in [5.74, 6) is 1.58. The van der Waals surface area contributed by atoms with Crippen molar-refractivity contribution in [1.29, 1.82) is 0 Å². The minimum atomic E-state index is -0.608. The molecule has 7 heteroatoms. The van der Waals surface area contributed by atoms with Gasteiger partial charge in [0.25, 0.3) is 0 Å². The van der Waals surface area contributed by atoms with Crippen molar-refractivity contribution in [2.24, 2.45) is 0 Å². The molecule has 0 aromatic heterocycles. The van der Waals surface area contributed by atoms with Gasteiger partial charge >= 0.3 is 6.09 Å². The van der Waals surface area contributed by atoms with E-state index in [4.69, 9.17) is 18.9 Å². The van der Waals surface area contributed by atoms with Crippen LogP contribution in [0.5, 0.6) is 23.0 Å².